The van der Waals surface area contributed by atoms with Crippen LogP contribution >= 0.6 is 0 Å². The first kappa shape index (κ1) is 26.8. The predicted molar refractivity (Wildman–Crippen MR) is 137 cm³/mol. The number of methoxy groups -OCH3 is 1. The van der Waals surface area contributed by atoms with Gasteiger partial charge in [-0.05, 0) is 35.7 Å². The molecule has 3 aromatic carbocycles. The average molecular weight is 540 g/mol. The van der Waals surface area contributed by atoms with Crippen LogP contribution in [0.2, 0.25) is 0 Å². The Labute approximate surface area is 219 Å². The first-order chi connectivity index (χ1) is 18.2. The van der Waals surface area contributed by atoms with Crippen LogP contribution in [-0.4, -0.2) is 49.8 Å². The van der Waals surface area contributed by atoms with Crippen molar-refractivity contribution in [2.45, 2.75) is 23.8 Å². The van der Waals surface area contributed by atoms with Gasteiger partial charge in [0, 0.05) is 12.6 Å². The summed E-state index contributed by atoms with van der Waals surface area (Å²) in [6.45, 7) is -0.453. The first-order valence-corrected chi connectivity index (χ1v) is 13.1. The van der Waals surface area contributed by atoms with E-state index in [1.54, 1.807) is 30.3 Å². The first-order valence-electron chi connectivity index (χ1n) is 11.6. The normalized spacial score (nSPS) is 15.2. The Bertz CT molecular complexity index is 1460. The monoisotopic (exact) mass is 539 g/mol. The van der Waals surface area contributed by atoms with Gasteiger partial charge in [-0.15, -0.1) is 0 Å². The van der Waals surface area contributed by atoms with Gasteiger partial charge < -0.3 is 14.8 Å². The zero-order valence-electron chi connectivity index (χ0n) is 20.4. The zero-order valence-corrected chi connectivity index (χ0v) is 21.2. The van der Waals surface area contributed by atoms with Gasteiger partial charge in [-0.3, -0.25) is 19.7 Å². The molecule has 0 spiro atoms. The average Bonchev–Trinajstić information content (AvgIpc) is 2.92. The molecule has 0 aliphatic carbocycles. The summed E-state index contributed by atoms with van der Waals surface area (Å²) in [6, 6.07) is 18.2. The molecule has 0 radical (unpaired) electrons. The zero-order chi connectivity index (χ0) is 27.3. The SMILES string of the molecule is COc1cc([N+](=O)[O-])ccc1NC(=O)COC(=O)CC1c2ccccc2CCN1S(=O)(=O)c1ccccc1. The maximum absolute atomic E-state index is 13.4. The number of hydrogen-bond donors (Lipinski definition) is 1. The summed E-state index contributed by atoms with van der Waals surface area (Å²) in [4.78, 5) is 35.7. The van der Waals surface area contributed by atoms with E-state index in [1.807, 2.05) is 12.1 Å². The minimum Gasteiger partial charge on any atom is -0.494 e. The number of sulfonamides is 1. The molecule has 1 amide bonds. The van der Waals surface area contributed by atoms with Crippen molar-refractivity contribution in [1.82, 2.24) is 4.31 Å². The van der Waals surface area contributed by atoms with E-state index in [0.717, 1.165) is 11.6 Å². The molecule has 0 aromatic heterocycles. The number of carbonyl (C=O) groups excluding carboxylic acids is 2. The number of non-ortho nitro benzene ring substituents is 1. The maximum Gasteiger partial charge on any atom is 0.308 e. The fourth-order valence-electron chi connectivity index (χ4n) is 4.30. The molecule has 1 atom stereocenters. The van der Waals surface area contributed by atoms with Gasteiger partial charge in [0.2, 0.25) is 10.0 Å². The Balaban J connectivity index is 1.47. The number of benzene rings is 3. The van der Waals surface area contributed by atoms with Crippen LogP contribution in [0.3, 0.4) is 0 Å². The van der Waals surface area contributed by atoms with Crippen molar-refractivity contribution in [2.24, 2.45) is 0 Å². The minimum atomic E-state index is -3.90. The van der Waals surface area contributed by atoms with Crippen LogP contribution in [0, 0.1) is 10.1 Å². The number of nitrogens with one attached hydrogen (secondary N) is 1. The third-order valence-electron chi connectivity index (χ3n) is 6.11. The third-order valence-corrected chi connectivity index (χ3v) is 8.03. The Morgan fingerprint density at radius 1 is 1.08 bits per heavy atom. The van der Waals surface area contributed by atoms with Crippen LogP contribution in [0.15, 0.2) is 77.7 Å². The number of esters is 1. The topological polar surface area (TPSA) is 145 Å². The maximum atomic E-state index is 13.4. The quantitative estimate of drug-likeness (QED) is 0.247. The molecule has 0 fully saturated rings. The van der Waals surface area contributed by atoms with Gasteiger partial charge in [0.25, 0.3) is 11.6 Å². The molecule has 4 rings (SSSR count). The van der Waals surface area contributed by atoms with Crippen molar-refractivity contribution < 1.29 is 32.4 Å². The lowest BCUT2D eigenvalue weighted by Crippen LogP contribution is -2.41. The number of hydrogen-bond acceptors (Lipinski definition) is 8. The van der Waals surface area contributed by atoms with Gasteiger partial charge in [-0.1, -0.05) is 42.5 Å². The van der Waals surface area contributed by atoms with E-state index in [9.17, 15) is 28.1 Å². The fraction of sp³-hybridized carbons (Fsp3) is 0.231. The molecule has 1 unspecified atom stereocenters. The molecular formula is C26H25N3O8S. The van der Waals surface area contributed by atoms with E-state index < -0.39 is 39.5 Å². The number of ether oxygens (including phenoxy) is 2. The summed E-state index contributed by atoms with van der Waals surface area (Å²) in [5.74, 6) is -1.38. The van der Waals surface area contributed by atoms with E-state index in [4.69, 9.17) is 9.47 Å². The van der Waals surface area contributed by atoms with E-state index in [1.165, 1.54) is 35.7 Å². The second kappa shape index (κ2) is 11.4. The van der Waals surface area contributed by atoms with Crippen LogP contribution in [0.1, 0.15) is 23.6 Å². The van der Waals surface area contributed by atoms with Crippen molar-refractivity contribution >= 4 is 33.3 Å². The van der Waals surface area contributed by atoms with E-state index in [-0.39, 0.29) is 35.0 Å². The molecule has 1 aliphatic heterocycles. The smallest absolute Gasteiger partial charge is 0.308 e. The van der Waals surface area contributed by atoms with Crippen LogP contribution in [0.5, 0.6) is 5.75 Å². The van der Waals surface area contributed by atoms with Crippen LogP contribution < -0.4 is 10.1 Å². The minimum absolute atomic E-state index is 0.0689. The molecule has 0 saturated carbocycles. The van der Waals surface area contributed by atoms with Crippen molar-refractivity contribution in [3.8, 4) is 5.75 Å². The molecule has 11 nitrogen and oxygen atoms in total. The van der Waals surface area contributed by atoms with Crippen molar-refractivity contribution in [1.29, 1.82) is 0 Å². The van der Waals surface area contributed by atoms with Crippen molar-refractivity contribution in [3.05, 3.63) is 94.0 Å². The molecule has 1 heterocycles. The van der Waals surface area contributed by atoms with Gasteiger partial charge in [-0.2, -0.15) is 4.31 Å². The van der Waals surface area contributed by atoms with Crippen LogP contribution in [0.4, 0.5) is 11.4 Å². The van der Waals surface area contributed by atoms with Crippen LogP contribution in [-0.2, 0) is 30.8 Å². The molecular weight excluding hydrogens is 514 g/mol. The van der Waals surface area contributed by atoms with Gasteiger partial charge >= 0.3 is 5.97 Å². The lowest BCUT2D eigenvalue weighted by Gasteiger charge is -2.36. The summed E-state index contributed by atoms with van der Waals surface area (Å²) < 4.78 is 38.4. The molecule has 38 heavy (non-hydrogen) atoms. The number of nitrogens with zero attached hydrogens (tertiary/aromatic N) is 2. The number of fused-ring (bicyclic) bond motifs is 1. The molecule has 198 valence electrons. The van der Waals surface area contributed by atoms with Gasteiger partial charge in [0.1, 0.15) is 5.75 Å². The summed E-state index contributed by atoms with van der Waals surface area (Å²) in [7, 11) is -2.61. The summed E-state index contributed by atoms with van der Waals surface area (Å²) in [6.07, 6.45) is 0.199. The van der Waals surface area contributed by atoms with Crippen molar-refractivity contribution in [3.63, 3.8) is 0 Å². The second-order valence-corrected chi connectivity index (χ2v) is 10.3. The summed E-state index contributed by atoms with van der Waals surface area (Å²) in [5, 5.41) is 13.4. The molecule has 0 saturated heterocycles. The Hall–Kier alpha value is -4.29. The number of carbonyl (C=O) groups is 2. The molecule has 1 N–H and O–H groups in total. The highest BCUT2D eigenvalue weighted by molar-refractivity contribution is 7.89. The molecule has 3 aromatic rings. The Kier molecular flexibility index (Phi) is 8.03. The highest BCUT2D eigenvalue weighted by atomic mass is 32.2. The highest BCUT2D eigenvalue weighted by Crippen LogP contribution is 2.36. The van der Waals surface area contributed by atoms with E-state index in [0.29, 0.717) is 12.0 Å². The Morgan fingerprint density at radius 3 is 2.50 bits per heavy atom. The van der Waals surface area contributed by atoms with Gasteiger partial charge in [0.15, 0.2) is 6.61 Å². The number of rotatable bonds is 9. The summed E-state index contributed by atoms with van der Waals surface area (Å²) in [5.41, 5.74) is 1.60. The second-order valence-electron chi connectivity index (χ2n) is 8.45. The lowest BCUT2D eigenvalue weighted by molar-refractivity contribution is -0.384. The van der Waals surface area contributed by atoms with Crippen molar-refractivity contribution in [2.75, 3.05) is 25.6 Å². The number of nitro groups is 1. The van der Waals surface area contributed by atoms with Crippen LogP contribution in [0.25, 0.3) is 0 Å². The predicted octanol–water partition coefficient (Wildman–Crippen LogP) is 3.46. The number of nitro benzene ring substituents is 1. The molecule has 1 aliphatic rings. The Morgan fingerprint density at radius 2 is 1.79 bits per heavy atom. The van der Waals surface area contributed by atoms with E-state index >= 15 is 0 Å². The number of anilines is 1. The summed E-state index contributed by atoms with van der Waals surface area (Å²) >= 11 is 0. The largest absolute Gasteiger partial charge is 0.494 e. The van der Waals surface area contributed by atoms with Gasteiger partial charge in [-0.25, -0.2) is 8.42 Å². The highest BCUT2D eigenvalue weighted by Gasteiger charge is 2.37. The van der Waals surface area contributed by atoms with E-state index in [2.05, 4.69) is 5.32 Å². The molecule has 12 heteroatoms. The molecule has 0 bridgehead atoms. The standard InChI is InChI=1S/C26H25N3O8S/c1-36-24-15-19(29(32)33)11-12-22(24)27-25(30)17-37-26(31)16-23-21-10-6-5-7-18(21)13-14-28(23)38(34,35)20-8-3-2-4-9-20/h2-12,15,23H,13-14,16-17H2,1H3,(H,27,30). The lowest BCUT2D eigenvalue weighted by atomic mass is 9.92. The number of amides is 1. The van der Waals surface area contributed by atoms with Gasteiger partial charge in [0.05, 0.1) is 41.1 Å². The fourth-order valence-corrected chi connectivity index (χ4v) is 5.93. The third kappa shape index (κ3) is 5.82.